The molecular formula is C10H9BO4S. The van der Waals surface area contributed by atoms with E-state index in [2.05, 4.69) is 7.85 Å². The Balaban J connectivity index is 2.61. The Morgan fingerprint density at radius 2 is 2.25 bits per heavy atom. The van der Waals surface area contributed by atoms with Gasteiger partial charge in [0.1, 0.15) is 19.0 Å². The number of hydrogen-bond acceptors (Lipinski definition) is 4. The van der Waals surface area contributed by atoms with E-state index < -0.39 is 11.6 Å². The molecule has 2 aromatic heterocycles. The fraction of sp³-hybridized carbons (Fsp3) is 0.200. The number of rotatable bonds is 3. The van der Waals surface area contributed by atoms with Crippen LogP contribution in [0.25, 0.3) is 10.3 Å². The van der Waals surface area contributed by atoms with Crippen molar-refractivity contribution in [1.29, 1.82) is 0 Å². The third-order valence-electron chi connectivity index (χ3n) is 2.20. The highest BCUT2D eigenvalue weighted by Gasteiger charge is 2.13. The summed E-state index contributed by atoms with van der Waals surface area (Å²) < 4.78 is 5.66. The topological polar surface area (TPSA) is 67.5 Å². The lowest BCUT2D eigenvalue weighted by molar-refractivity contribution is 0.0692. The Hall–Kier alpha value is -1.56. The predicted molar refractivity (Wildman–Crippen MR) is 64.4 cm³/mol. The van der Waals surface area contributed by atoms with Crippen molar-refractivity contribution in [2.45, 2.75) is 12.7 Å². The zero-order chi connectivity index (χ0) is 11.7. The number of carboxylic acids is 1. The molecular weight excluding hydrogens is 227 g/mol. The van der Waals surface area contributed by atoms with Crippen LogP contribution in [0.15, 0.2) is 21.3 Å². The summed E-state index contributed by atoms with van der Waals surface area (Å²) in [6.07, 6.45) is 1.91. The van der Waals surface area contributed by atoms with Gasteiger partial charge in [0.25, 0.3) is 0 Å². The van der Waals surface area contributed by atoms with E-state index in [4.69, 9.17) is 9.52 Å². The van der Waals surface area contributed by atoms with Crippen LogP contribution in [0.1, 0.15) is 15.2 Å². The molecule has 0 fully saturated rings. The number of thiophene rings is 1. The maximum Gasteiger partial charge on any atom is 0.351 e. The van der Waals surface area contributed by atoms with Crippen molar-refractivity contribution in [1.82, 2.24) is 0 Å². The van der Waals surface area contributed by atoms with Crippen molar-refractivity contribution >= 4 is 35.4 Å². The molecule has 0 atom stereocenters. The summed E-state index contributed by atoms with van der Waals surface area (Å²) in [5.74, 6) is -1.25. The van der Waals surface area contributed by atoms with Gasteiger partial charge in [0.05, 0.1) is 4.70 Å². The Labute approximate surface area is 95.9 Å². The van der Waals surface area contributed by atoms with Crippen LogP contribution in [0.3, 0.4) is 0 Å². The average Bonchev–Trinajstić information content (AvgIpc) is 2.58. The molecule has 0 aliphatic carbocycles. The van der Waals surface area contributed by atoms with E-state index in [1.807, 2.05) is 0 Å². The Morgan fingerprint density at radius 3 is 2.88 bits per heavy atom. The van der Waals surface area contributed by atoms with Crippen molar-refractivity contribution in [3.05, 3.63) is 33.0 Å². The summed E-state index contributed by atoms with van der Waals surface area (Å²) in [4.78, 5) is 23.1. The van der Waals surface area contributed by atoms with E-state index in [0.717, 1.165) is 17.6 Å². The number of carboxylic acid groups (broad SMARTS) is 1. The number of hydrogen-bond donors (Lipinski definition) is 1. The van der Waals surface area contributed by atoms with Crippen molar-refractivity contribution in [2.24, 2.45) is 0 Å². The molecule has 6 heteroatoms. The van der Waals surface area contributed by atoms with Crippen LogP contribution in [-0.2, 0) is 6.42 Å². The van der Waals surface area contributed by atoms with Crippen molar-refractivity contribution in [3.63, 3.8) is 0 Å². The molecule has 2 aromatic rings. The second-order valence-corrected chi connectivity index (χ2v) is 4.61. The summed E-state index contributed by atoms with van der Waals surface area (Å²) in [5.41, 5.74) is -0.623. The Kier molecular flexibility index (Phi) is 2.83. The van der Waals surface area contributed by atoms with E-state index in [-0.39, 0.29) is 5.56 Å². The van der Waals surface area contributed by atoms with Crippen molar-refractivity contribution in [2.75, 3.05) is 0 Å². The van der Waals surface area contributed by atoms with Crippen LogP contribution in [-0.4, -0.2) is 18.9 Å². The fourth-order valence-electron chi connectivity index (χ4n) is 1.48. The van der Waals surface area contributed by atoms with E-state index in [1.165, 1.54) is 17.4 Å². The van der Waals surface area contributed by atoms with Gasteiger partial charge < -0.3 is 9.52 Å². The lowest BCUT2D eigenvalue weighted by Crippen LogP contribution is -2.12. The first-order valence-corrected chi connectivity index (χ1v) is 5.73. The summed E-state index contributed by atoms with van der Waals surface area (Å²) >= 11 is 1.47. The maximum atomic E-state index is 11.3. The minimum Gasteiger partial charge on any atom is -0.477 e. The van der Waals surface area contributed by atoms with E-state index in [9.17, 15) is 9.59 Å². The minimum atomic E-state index is -1.25. The van der Waals surface area contributed by atoms with Gasteiger partial charge in [-0.05, 0) is 18.6 Å². The number of aromatic carboxylic acids is 1. The fourth-order valence-corrected chi connectivity index (χ4v) is 2.61. The van der Waals surface area contributed by atoms with Crippen LogP contribution < -0.4 is 5.63 Å². The van der Waals surface area contributed by atoms with Gasteiger partial charge in [0.2, 0.25) is 0 Å². The molecule has 16 heavy (non-hydrogen) atoms. The molecule has 0 radical (unpaired) electrons. The van der Waals surface area contributed by atoms with E-state index in [0.29, 0.717) is 10.3 Å². The third-order valence-corrected chi connectivity index (χ3v) is 3.32. The van der Waals surface area contributed by atoms with Gasteiger partial charge in [0, 0.05) is 4.88 Å². The summed E-state index contributed by atoms with van der Waals surface area (Å²) in [6, 6.07) is 3.18. The first-order chi connectivity index (χ1) is 7.61. The lowest BCUT2D eigenvalue weighted by Gasteiger charge is -1.91. The second kappa shape index (κ2) is 4.13. The highest BCUT2D eigenvalue weighted by atomic mass is 32.1. The van der Waals surface area contributed by atoms with Gasteiger partial charge >= 0.3 is 11.6 Å². The van der Waals surface area contributed by atoms with Gasteiger partial charge in [-0.1, -0.05) is 6.32 Å². The standard InChI is InChI=1S/C10H9BO4S/c11-2-1-5-3-7-8(16-5)4-6(9(12)13)10(14)15-7/h3-4H,1-2,11H2,(H,12,13). The maximum absolute atomic E-state index is 11.3. The second-order valence-electron chi connectivity index (χ2n) is 3.44. The molecule has 0 amide bonds. The van der Waals surface area contributed by atoms with Crippen LogP contribution in [0, 0.1) is 0 Å². The third kappa shape index (κ3) is 1.88. The van der Waals surface area contributed by atoms with Crippen LogP contribution in [0.4, 0.5) is 0 Å². The summed E-state index contributed by atoms with van der Waals surface area (Å²) in [6.45, 7) is 0. The predicted octanol–water partition coefficient (Wildman–Crippen LogP) is 1.15. The van der Waals surface area contributed by atoms with Gasteiger partial charge in [-0.15, -0.1) is 11.3 Å². The summed E-state index contributed by atoms with van der Waals surface area (Å²) in [5, 5.41) is 8.78. The quantitative estimate of drug-likeness (QED) is 0.811. The smallest absolute Gasteiger partial charge is 0.351 e. The van der Waals surface area contributed by atoms with Crippen molar-refractivity contribution < 1.29 is 14.3 Å². The van der Waals surface area contributed by atoms with Crippen molar-refractivity contribution in [3.8, 4) is 0 Å². The largest absolute Gasteiger partial charge is 0.477 e. The molecule has 2 heterocycles. The Bertz CT molecular complexity index is 598. The molecule has 0 bridgehead atoms. The molecule has 1 N–H and O–H groups in total. The molecule has 0 aromatic carbocycles. The van der Waals surface area contributed by atoms with Gasteiger partial charge in [0.15, 0.2) is 0 Å². The molecule has 2 rings (SSSR count). The van der Waals surface area contributed by atoms with Gasteiger partial charge in [-0.3, -0.25) is 0 Å². The molecule has 0 spiro atoms. The lowest BCUT2D eigenvalue weighted by atomic mass is 10.0. The van der Waals surface area contributed by atoms with Crippen LogP contribution in [0.2, 0.25) is 6.32 Å². The molecule has 0 aliphatic heterocycles. The molecule has 0 aliphatic rings. The minimum absolute atomic E-state index is 0.308. The molecule has 0 unspecified atom stereocenters. The molecule has 0 saturated carbocycles. The highest BCUT2D eigenvalue weighted by Crippen LogP contribution is 2.26. The van der Waals surface area contributed by atoms with Crippen LogP contribution >= 0.6 is 11.3 Å². The zero-order valence-corrected chi connectivity index (χ0v) is 9.47. The van der Waals surface area contributed by atoms with E-state index >= 15 is 0 Å². The molecule has 4 nitrogen and oxygen atoms in total. The van der Waals surface area contributed by atoms with E-state index in [1.54, 1.807) is 6.07 Å². The Morgan fingerprint density at radius 1 is 1.50 bits per heavy atom. The first-order valence-electron chi connectivity index (χ1n) is 4.91. The number of carbonyl (C=O) groups is 1. The van der Waals surface area contributed by atoms with Gasteiger partial charge in [-0.2, -0.15) is 0 Å². The normalized spacial score (nSPS) is 10.8. The highest BCUT2D eigenvalue weighted by molar-refractivity contribution is 7.19. The number of fused-ring (bicyclic) bond motifs is 1. The average molecular weight is 236 g/mol. The summed E-state index contributed by atoms with van der Waals surface area (Å²) in [7, 11) is 2.06. The first kappa shape index (κ1) is 10.9. The SMILES string of the molecule is BCCc1cc2oc(=O)c(C(=O)O)cc2s1. The van der Waals surface area contributed by atoms with Crippen LogP contribution in [0.5, 0.6) is 0 Å². The molecule has 0 saturated heterocycles. The zero-order valence-electron chi connectivity index (χ0n) is 8.65. The molecule has 82 valence electrons. The monoisotopic (exact) mass is 236 g/mol. The number of aryl methyl sites for hydroxylation is 1. The van der Waals surface area contributed by atoms with Gasteiger partial charge in [-0.25, -0.2) is 9.59 Å².